The van der Waals surface area contributed by atoms with Crippen molar-refractivity contribution in [3.8, 4) is 17.0 Å². The Kier molecular flexibility index (Phi) is 4.75. The lowest BCUT2D eigenvalue weighted by Gasteiger charge is -2.13. The smallest absolute Gasteiger partial charge is 0.212 e. The predicted octanol–water partition coefficient (Wildman–Crippen LogP) is 5.20. The minimum absolute atomic E-state index is 0.241. The van der Waals surface area contributed by atoms with Crippen LogP contribution >= 0.6 is 0 Å². The third-order valence-corrected chi connectivity index (χ3v) is 3.89. The van der Waals surface area contributed by atoms with E-state index in [4.69, 9.17) is 4.74 Å². The number of methoxy groups -OCH3 is 1. The van der Waals surface area contributed by atoms with E-state index >= 15 is 0 Å². The largest absolute Gasteiger partial charge is 0.481 e. The molecule has 0 fully saturated rings. The molecule has 3 aromatic rings. The normalized spacial score (nSPS) is 10.5. The van der Waals surface area contributed by atoms with Crippen molar-refractivity contribution >= 4 is 11.4 Å². The van der Waals surface area contributed by atoms with E-state index in [-0.39, 0.29) is 5.82 Å². The molecule has 0 atom stereocenters. The second-order valence-corrected chi connectivity index (χ2v) is 5.45. The molecular weight excluding hydrogens is 303 g/mol. The van der Waals surface area contributed by atoms with Crippen LogP contribution in [0.1, 0.15) is 12.5 Å². The lowest BCUT2D eigenvalue weighted by Crippen LogP contribution is -1.96. The van der Waals surface area contributed by atoms with E-state index < -0.39 is 0 Å². The minimum Gasteiger partial charge on any atom is -0.481 e. The number of benzene rings is 2. The van der Waals surface area contributed by atoms with Crippen molar-refractivity contribution in [3.05, 3.63) is 72.2 Å². The highest BCUT2D eigenvalue weighted by Gasteiger charge is 2.06. The molecule has 0 bridgehead atoms. The average Bonchev–Trinajstić information content (AvgIpc) is 2.63. The highest BCUT2D eigenvalue weighted by molar-refractivity contribution is 5.73. The zero-order valence-electron chi connectivity index (χ0n) is 13.7. The van der Waals surface area contributed by atoms with Gasteiger partial charge in [0.2, 0.25) is 5.88 Å². The number of pyridine rings is 1. The summed E-state index contributed by atoms with van der Waals surface area (Å²) in [5.74, 6) is 0.350. The molecule has 3 nitrogen and oxygen atoms in total. The van der Waals surface area contributed by atoms with Crippen molar-refractivity contribution in [2.75, 3.05) is 12.4 Å². The van der Waals surface area contributed by atoms with Crippen LogP contribution in [0.4, 0.5) is 15.8 Å². The summed E-state index contributed by atoms with van der Waals surface area (Å²) >= 11 is 0. The molecule has 0 amide bonds. The monoisotopic (exact) mass is 322 g/mol. The van der Waals surface area contributed by atoms with Crippen LogP contribution in [-0.2, 0) is 6.42 Å². The maximum Gasteiger partial charge on any atom is 0.212 e. The molecule has 0 aliphatic carbocycles. The number of hydrogen-bond donors (Lipinski definition) is 1. The summed E-state index contributed by atoms with van der Waals surface area (Å²) in [6, 6.07) is 16.5. The van der Waals surface area contributed by atoms with Crippen LogP contribution in [0, 0.1) is 5.82 Å². The fraction of sp³-hybridized carbons (Fsp3) is 0.150. The Balaban J connectivity index is 1.93. The topological polar surface area (TPSA) is 34.1 Å². The Morgan fingerprint density at radius 3 is 2.38 bits per heavy atom. The average molecular weight is 322 g/mol. The molecule has 0 saturated carbocycles. The number of ether oxygens (including phenoxy) is 1. The van der Waals surface area contributed by atoms with Crippen LogP contribution in [0.15, 0.2) is 60.8 Å². The third kappa shape index (κ3) is 3.54. The first-order chi connectivity index (χ1) is 11.7. The van der Waals surface area contributed by atoms with Crippen molar-refractivity contribution in [3.63, 3.8) is 0 Å². The zero-order chi connectivity index (χ0) is 16.9. The molecule has 0 unspecified atom stereocenters. The van der Waals surface area contributed by atoms with E-state index in [1.165, 1.54) is 17.7 Å². The molecule has 0 aliphatic heterocycles. The van der Waals surface area contributed by atoms with Crippen molar-refractivity contribution in [1.82, 2.24) is 4.98 Å². The van der Waals surface area contributed by atoms with Crippen LogP contribution in [0.3, 0.4) is 0 Å². The Labute approximate surface area is 141 Å². The van der Waals surface area contributed by atoms with E-state index in [1.54, 1.807) is 25.4 Å². The van der Waals surface area contributed by atoms with Gasteiger partial charge in [0.05, 0.1) is 7.11 Å². The van der Waals surface area contributed by atoms with E-state index in [9.17, 15) is 4.39 Å². The van der Waals surface area contributed by atoms with Gasteiger partial charge in [-0.1, -0.05) is 19.1 Å². The summed E-state index contributed by atoms with van der Waals surface area (Å²) < 4.78 is 18.2. The molecule has 24 heavy (non-hydrogen) atoms. The summed E-state index contributed by atoms with van der Waals surface area (Å²) in [5, 5.41) is 3.37. The minimum atomic E-state index is -0.241. The number of halogens is 1. The Morgan fingerprint density at radius 2 is 1.75 bits per heavy atom. The summed E-state index contributed by atoms with van der Waals surface area (Å²) in [5.41, 5.74) is 5.14. The number of nitrogens with zero attached hydrogens (tertiary/aromatic N) is 1. The predicted molar refractivity (Wildman–Crippen MR) is 95.3 cm³/mol. The quantitative estimate of drug-likeness (QED) is 0.701. The van der Waals surface area contributed by atoms with E-state index in [2.05, 4.69) is 35.4 Å². The zero-order valence-corrected chi connectivity index (χ0v) is 13.7. The number of hydrogen-bond acceptors (Lipinski definition) is 3. The Hall–Kier alpha value is -2.88. The lowest BCUT2D eigenvalue weighted by atomic mass is 10.0. The summed E-state index contributed by atoms with van der Waals surface area (Å²) in [6.07, 6.45) is 2.70. The van der Waals surface area contributed by atoms with Crippen LogP contribution in [-0.4, -0.2) is 12.1 Å². The Morgan fingerprint density at radius 1 is 1.00 bits per heavy atom. The second kappa shape index (κ2) is 7.13. The van der Waals surface area contributed by atoms with Crippen molar-refractivity contribution < 1.29 is 9.13 Å². The third-order valence-electron chi connectivity index (χ3n) is 3.89. The maximum atomic E-state index is 13.1. The molecule has 122 valence electrons. The first-order valence-corrected chi connectivity index (χ1v) is 7.85. The highest BCUT2D eigenvalue weighted by Crippen LogP contribution is 2.29. The lowest BCUT2D eigenvalue weighted by molar-refractivity contribution is 0.398. The van der Waals surface area contributed by atoms with Crippen LogP contribution in [0.25, 0.3) is 11.1 Å². The van der Waals surface area contributed by atoms with E-state index in [0.717, 1.165) is 28.9 Å². The van der Waals surface area contributed by atoms with Gasteiger partial charge in [-0.05, 0) is 53.9 Å². The SMILES string of the molecule is CCc1ccc(-c2ccc(OC)nc2)cc1Nc1ccc(F)cc1. The van der Waals surface area contributed by atoms with Gasteiger partial charge < -0.3 is 10.1 Å². The van der Waals surface area contributed by atoms with Gasteiger partial charge in [0, 0.05) is 29.2 Å². The molecule has 0 aliphatic rings. The molecule has 0 radical (unpaired) electrons. The highest BCUT2D eigenvalue weighted by atomic mass is 19.1. The fourth-order valence-electron chi connectivity index (χ4n) is 2.54. The first-order valence-electron chi connectivity index (χ1n) is 7.85. The number of rotatable bonds is 5. The summed E-state index contributed by atoms with van der Waals surface area (Å²) in [4.78, 5) is 4.26. The van der Waals surface area contributed by atoms with Gasteiger partial charge in [-0.25, -0.2) is 9.37 Å². The number of aromatic nitrogens is 1. The van der Waals surface area contributed by atoms with Gasteiger partial charge in [-0.15, -0.1) is 0 Å². The molecule has 4 heteroatoms. The van der Waals surface area contributed by atoms with Crippen LogP contribution in [0.2, 0.25) is 0 Å². The van der Waals surface area contributed by atoms with Gasteiger partial charge in [0.1, 0.15) is 5.82 Å². The number of anilines is 2. The van der Waals surface area contributed by atoms with Gasteiger partial charge in [-0.3, -0.25) is 0 Å². The maximum absolute atomic E-state index is 13.1. The second-order valence-electron chi connectivity index (χ2n) is 5.45. The number of aryl methyl sites for hydroxylation is 1. The van der Waals surface area contributed by atoms with E-state index in [0.29, 0.717) is 5.88 Å². The standard InChI is InChI=1S/C20H19FN2O/c1-3-14-4-5-15(16-6-11-20(24-2)22-13-16)12-19(14)23-18-9-7-17(21)8-10-18/h4-13,23H,3H2,1-2H3. The Bertz CT molecular complexity index is 814. The molecule has 1 heterocycles. The van der Waals surface area contributed by atoms with Crippen molar-refractivity contribution in [2.45, 2.75) is 13.3 Å². The molecule has 1 N–H and O–H groups in total. The van der Waals surface area contributed by atoms with Gasteiger partial charge in [-0.2, -0.15) is 0 Å². The molecule has 0 saturated heterocycles. The van der Waals surface area contributed by atoms with Crippen molar-refractivity contribution in [1.29, 1.82) is 0 Å². The number of nitrogens with one attached hydrogen (secondary N) is 1. The van der Waals surface area contributed by atoms with Crippen molar-refractivity contribution in [2.24, 2.45) is 0 Å². The molecule has 2 aromatic carbocycles. The molecule has 1 aromatic heterocycles. The molecule has 0 spiro atoms. The first kappa shape index (κ1) is 16.0. The van der Waals surface area contributed by atoms with Crippen LogP contribution in [0.5, 0.6) is 5.88 Å². The molecular formula is C20H19FN2O. The fourth-order valence-corrected chi connectivity index (χ4v) is 2.54. The summed E-state index contributed by atoms with van der Waals surface area (Å²) in [7, 11) is 1.60. The van der Waals surface area contributed by atoms with Crippen LogP contribution < -0.4 is 10.1 Å². The summed E-state index contributed by atoms with van der Waals surface area (Å²) in [6.45, 7) is 2.11. The molecule has 3 rings (SSSR count). The van der Waals surface area contributed by atoms with Gasteiger partial charge in [0.25, 0.3) is 0 Å². The van der Waals surface area contributed by atoms with E-state index in [1.807, 2.05) is 12.1 Å². The van der Waals surface area contributed by atoms with Gasteiger partial charge in [0.15, 0.2) is 0 Å². The van der Waals surface area contributed by atoms with Gasteiger partial charge >= 0.3 is 0 Å².